The highest BCUT2D eigenvalue weighted by atomic mass is 28.4. The van der Waals surface area contributed by atoms with Gasteiger partial charge in [0.1, 0.15) is 12.2 Å². The molecule has 0 saturated heterocycles. The highest BCUT2D eigenvalue weighted by Gasteiger charge is 2.40. The minimum absolute atomic E-state index is 0.00824. The van der Waals surface area contributed by atoms with E-state index in [0.29, 0.717) is 26.1 Å². The molecule has 0 radical (unpaired) electrons. The van der Waals surface area contributed by atoms with E-state index >= 15 is 0 Å². The van der Waals surface area contributed by atoms with Gasteiger partial charge in [0.2, 0.25) is 0 Å². The van der Waals surface area contributed by atoms with E-state index in [4.69, 9.17) is 13.9 Å². The van der Waals surface area contributed by atoms with Gasteiger partial charge in [-0.15, -0.1) is 13.2 Å². The Labute approximate surface area is 213 Å². The molecule has 0 spiro atoms. The van der Waals surface area contributed by atoms with Crippen LogP contribution < -0.4 is 0 Å². The van der Waals surface area contributed by atoms with Crippen LogP contribution >= 0.6 is 0 Å². The van der Waals surface area contributed by atoms with E-state index in [1.165, 1.54) is 0 Å². The third-order valence-corrected chi connectivity index (χ3v) is 11.3. The fourth-order valence-corrected chi connectivity index (χ4v) is 6.98. The number of allylic oxidation sites excluding steroid dienone is 1. The lowest BCUT2D eigenvalue weighted by molar-refractivity contribution is -0.153. The Morgan fingerprint density at radius 2 is 1.37 bits per heavy atom. The maximum atomic E-state index is 13.4. The van der Waals surface area contributed by atoms with Gasteiger partial charge < -0.3 is 13.9 Å². The van der Waals surface area contributed by atoms with Crippen LogP contribution in [0.15, 0.2) is 86.0 Å². The number of rotatable bonds is 18. The van der Waals surface area contributed by atoms with E-state index in [1.807, 2.05) is 60.7 Å². The van der Waals surface area contributed by atoms with Crippen LogP contribution in [0.3, 0.4) is 0 Å². The van der Waals surface area contributed by atoms with Crippen LogP contribution in [0.2, 0.25) is 18.1 Å². The van der Waals surface area contributed by atoms with E-state index in [0.717, 1.165) is 29.3 Å². The van der Waals surface area contributed by atoms with Crippen molar-refractivity contribution in [3.8, 4) is 0 Å². The van der Waals surface area contributed by atoms with Crippen LogP contribution in [-0.2, 0) is 31.9 Å². The van der Waals surface area contributed by atoms with Crippen LogP contribution in [0.25, 0.3) is 0 Å². The number of hydrogen-bond acceptors (Lipinski definition) is 4. The van der Waals surface area contributed by atoms with Gasteiger partial charge in [0, 0.05) is 6.42 Å². The van der Waals surface area contributed by atoms with Crippen molar-refractivity contribution in [2.24, 2.45) is 0 Å². The van der Waals surface area contributed by atoms with Crippen molar-refractivity contribution < 1.29 is 18.7 Å². The Balaban J connectivity index is 2.38. The molecule has 5 heteroatoms. The zero-order valence-electron chi connectivity index (χ0n) is 21.7. The van der Waals surface area contributed by atoms with Crippen LogP contribution in [0, 0.1) is 0 Å². The zero-order chi connectivity index (χ0) is 25.5. The second kappa shape index (κ2) is 15.6. The van der Waals surface area contributed by atoms with Gasteiger partial charge in [0.05, 0.1) is 19.3 Å². The number of Topliss-reactive ketones (excluding diaryl/α,β-unsaturated/α-hetero) is 1. The average molecular weight is 495 g/mol. The van der Waals surface area contributed by atoms with E-state index in [9.17, 15) is 4.79 Å². The summed E-state index contributed by atoms with van der Waals surface area (Å²) in [6.07, 6.45) is 2.65. The molecule has 0 saturated carbocycles. The molecular formula is C30H42O4Si. The predicted octanol–water partition coefficient (Wildman–Crippen LogP) is 7.27. The lowest BCUT2D eigenvalue weighted by Gasteiger charge is -2.38. The number of carbonyl (C=O) groups is 1. The smallest absolute Gasteiger partial charge is 0.193 e. The summed E-state index contributed by atoms with van der Waals surface area (Å²) < 4.78 is 19.6. The number of hydrogen-bond donors (Lipinski definition) is 0. The van der Waals surface area contributed by atoms with Crippen LogP contribution in [0.4, 0.5) is 0 Å². The summed E-state index contributed by atoms with van der Waals surface area (Å²) in [5, 5.41) is 0. The lowest BCUT2D eigenvalue weighted by Crippen LogP contribution is -2.50. The standard InChI is InChI=1S/C30H42O4Si/c1-6-11-22-27(31)29(32-23-25-18-14-12-15-19-25)30(33-24-26-20-16-13-17-21-26)28(7-2)34-35(8-3,9-4)10-5/h6-7,12-21,28-30H,1-2,8-11,22-24H2,3-5H3/t28-,29+,30-/m1/s1. The largest absolute Gasteiger partial charge is 0.408 e. The first-order valence-corrected chi connectivity index (χ1v) is 15.3. The fraction of sp³-hybridized carbons (Fsp3) is 0.433. The Bertz CT molecular complexity index is 871. The Hall–Kier alpha value is -2.31. The second-order valence-corrected chi connectivity index (χ2v) is 13.6. The monoisotopic (exact) mass is 494 g/mol. The summed E-state index contributed by atoms with van der Waals surface area (Å²) in [5.74, 6) is -0.00824. The molecule has 4 nitrogen and oxygen atoms in total. The summed E-state index contributed by atoms with van der Waals surface area (Å²) in [5.41, 5.74) is 2.04. The van der Waals surface area contributed by atoms with Crippen molar-refractivity contribution in [2.75, 3.05) is 0 Å². The molecule has 35 heavy (non-hydrogen) atoms. The molecule has 0 fully saturated rings. The van der Waals surface area contributed by atoms with Crippen molar-refractivity contribution in [1.82, 2.24) is 0 Å². The molecule has 0 heterocycles. The van der Waals surface area contributed by atoms with Gasteiger partial charge in [-0.25, -0.2) is 0 Å². The maximum Gasteiger partial charge on any atom is 0.193 e. The van der Waals surface area contributed by atoms with Gasteiger partial charge in [0.15, 0.2) is 14.1 Å². The Kier molecular flexibility index (Phi) is 12.9. The lowest BCUT2D eigenvalue weighted by atomic mass is 10.00. The van der Waals surface area contributed by atoms with E-state index < -0.39 is 26.6 Å². The molecule has 0 aliphatic rings. The minimum atomic E-state index is -2.00. The minimum Gasteiger partial charge on any atom is -0.408 e. The highest BCUT2D eigenvalue weighted by Crippen LogP contribution is 2.28. The predicted molar refractivity (Wildman–Crippen MR) is 147 cm³/mol. The van der Waals surface area contributed by atoms with Gasteiger partial charge in [0.25, 0.3) is 0 Å². The third kappa shape index (κ3) is 9.01. The highest BCUT2D eigenvalue weighted by molar-refractivity contribution is 6.73. The molecule has 0 bridgehead atoms. The van der Waals surface area contributed by atoms with Crippen molar-refractivity contribution >= 4 is 14.1 Å². The molecule has 0 N–H and O–H groups in total. The van der Waals surface area contributed by atoms with Gasteiger partial charge >= 0.3 is 0 Å². The van der Waals surface area contributed by atoms with Gasteiger partial charge in [-0.05, 0) is 35.7 Å². The summed E-state index contributed by atoms with van der Waals surface area (Å²) >= 11 is 0. The van der Waals surface area contributed by atoms with Crippen molar-refractivity contribution in [2.45, 2.75) is 83.3 Å². The number of ketones is 1. The molecule has 0 unspecified atom stereocenters. The van der Waals surface area contributed by atoms with Crippen molar-refractivity contribution in [3.63, 3.8) is 0 Å². The molecule has 0 aliphatic heterocycles. The van der Waals surface area contributed by atoms with Crippen LogP contribution in [0.5, 0.6) is 0 Å². The van der Waals surface area contributed by atoms with E-state index in [2.05, 4.69) is 33.9 Å². The first-order chi connectivity index (χ1) is 17.0. The second-order valence-electron chi connectivity index (χ2n) is 8.83. The van der Waals surface area contributed by atoms with E-state index in [-0.39, 0.29) is 5.78 Å². The number of benzene rings is 2. The molecule has 0 aromatic heterocycles. The average Bonchev–Trinajstić information content (AvgIpc) is 2.92. The normalized spacial score (nSPS) is 14.1. The molecule has 2 rings (SSSR count). The van der Waals surface area contributed by atoms with Gasteiger partial charge in [-0.2, -0.15) is 0 Å². The van der Waals surface area contributed by atoms with Crippen molar-refractivity contribution in [1.29, 1.82) is 0 Å². The first kappa shape index (κ1) is 28.9. The summed E-state index contributed by atoms with van der Waals surface area (Å²) in [6, 6.07) is 22.9. The molecule has 0 aliphatic carbocycles. The maximum absolute atomic E-state index is 13.4. The van der Waals surface area contributed by atoms with Crippen LogP contribution in [0.1, 0.15) is 44.7 Å². The molecule has 0 amide bonds. The summed E-state index contributed by atoms with van der Waals surface area (Å²) in [7, 11) is -2.00. The Morgan fingerprint density at radius 1 is 0.857 bits per heavy atom. The third-order valence-electron chi connectivity index (χ3n) is 6.64. The molecular weight excluding hydrogens is 452 g/mol. The number of ether oxygens (including phenoxy) is 2. The van der Waals surface area contributed by atoms with Crippen molar-refractivity contribution in [3.05, 3.63) is 97.1 Å². The van der Waals surface area contributed by atoms with Crippen LogP contribution in [-0.4, -0.2) is 32.4 Å². The molecule has 3 atom stereocenters. The summed E-state index contributed by atoms with van der Waals surface area (Å²) in [6.45, 7) is 15.1. The fourth-order valence-electron chi connectivity index (χ4n) is 4.18. The molecule has 190 valence electrons. The topological polar surface area (TPSA) is 44.8 Å². The molecule has 2 aromatic rings. The quantitative estimate of drug-likeness (QED) is 0.161. The van der Waals surface area contributed by atoms with Gasteiger partial charge in [-0.1, -0.05) is 93.6 Å². The molecule has 2 aromatic carbocycles. The van der Waals surface area contributed by atoms with E-state index in [1.54, 1.807) is 12.2 Å². The summed E-state index contributed by atoms with van der Waals surface area (Å²) in [4.78, 5) is 13.4. The first-order valence-electron chi connectivity index (χ1n) is 12.8. The SMILES string of the molecule is C=CCCC(=O)[C@H](OCc1ccccc1)[C@H](OCc1ccccc1)[C@@H](C=C)O[Si](CC)(CC)CC. The number of carbonyl (C=O) groups excluding carboxylic acids is 1. The zero-order valence-corrected chi connectivity index (χ0v) is 22.7. The Morgan fingerprint density at radius 3 is 1.83 bits per heavy atom. The van der Waals surface area contributed by atoms with Gasteiger partial charge in [-0.3, -0.25) is 4.79 Å².